The molecule has 1 atom stereocenters. The minimum atomic E-state index is -1.02. The van der Waals surface area contributed by atoms with Crippen LogP contribution in [0.15, 0.2) is 23.4 Å². The molecule has 112 valence electrons. The molecule has 2 rings (SSSR count). The molecule has 1 heterocycles. The normalized spacial score (nSPS) is 12.3. The molecule has 6 nitrogen and oxygen atoms in total. The Kier molecular flexibility index (Phi) is 4.46. The van der Waals surface area contributed by atoms with Crippen molar-refractivity contribution in [2.45, 2.75) is 18.1 Å². The zero-order valence-corrected chi connectivity index (χ0v) is 12.2. The van der Waals surface area contributed by atoms with Crippen LogP contribution in [0.4, 0.5) is 4.39 Å². The van der Waals surface area contributed by atoms with Gasteiger partial charge < -0.3 is 14.4 Å². The molecule has 1 aromatic heterocycles. The van der Waals surface area contributed by atoms with Crippen molar-refractivity contribution in [3.63, 3.8) is 0 Å². The van der Waals surface area contributed by atoms with E-state index in [1.807, 2.05) is 0 Å². The lowest BCUT2D eigenvalue weighted by atomic mass is 10.2. The molecule has 0 saturated carbocycles. The maximum absolute atomic E-state index is 13.8. The Morgan fingerprint density at radius 1 is 1.52 bits per heavy atom. The number of benzene rings is 1. The minimum absolute atomic E-state index is 0.0983. The fourth-order valence-electron chi connectivity index (χ4n) is 1.94. The van der Waals surface area contributed by atoms with Crippen LogP contribution < -0.4 is 0 Å². The van der Waals surface area contributed by atoms with E-state index in [0.29, 0.717) is 5.52 Å². The van der Waals surface area contributed by atoms with Crippen LogP contribution in [0.3, 0.4) is 0 Å². The molecule has 1 N–H and O–H groups in total. The van der Waals surface area contributed by atoms with Gasteiger partial charge in [0.1, 0.15) is 11.6 Å². The van der Waals surface area contributed by atoms with E-state index in [9.17, 15) is 14.0 Å². The van der Waals surface area contributed by atoms with E-state index < -0.39 is 23.8 Å². The highest BCUT2D eigenvalue weighted by atomic mass is 32.2. The molecule has 0 spiro atoms. The molecular formula is C13H13FN2O4S. The molecule has 0 aliphatic heterocycles. The van der Waals surface area contributed by atoms with Gasteiger partial charge in [-0.3, -0.25) is 4.79 Å². The fourth-order valence-corrected chi connectivity index (χ4v) is 2.74. The van der Waals surface area contributed by atoms with Crippen molar-refractivity contribution in [3.05, 3.63) is 24.0 Å². The van der Waals surface area contributed by atoms with Gasteiger partial charge in [0, 0.05) is 0 Å². The number of carboxylic acid groups (broad SMARTS) is 1. The third-order valence-electron chi connectivity index (χ3n) is 2.89. The first-order valence-electron chi connectivity index (χ1n) is 6.04. The monoisotopic (exact) mass is 312 g/mol. The van der Waals surface area contributed by atoms with E-state index in [1.54, 1.807) is 13.0 Å². The molecule has 1 aromatic carbocycles. The number of carbonyl (C=O) groups is 2. The molecule has 1 unspecified atom stereocenters. The number of aliphatic carboxylic acids is 1. The lowest BCUT2D eigenvalue weighted by Gasteiger charge is -2.14. The molecule has 0 fully saturated rings. The van der Waals surface area contributed by atoms with Gasteiger partial charge >= 0.3 is 11.9 Å². The summed E-state index contributed by atoms with van der Waals surface area (Å²) < 4.78 is 20.0. The molecule has 0 radical (unpaired) electrons. The maximum Gasteiger partial charge on any atom is 0.328 e. The second-order valence-electron chi connectivity index (χ2n) is 4.25. The first-order chi connectivity index (χ1) is 9.95. The Labute approximate surface area is 123 Å². The first kappa shape index (κ1) is 15.3. The SMILES string of the molecule is COC(=O)C(C)n1c(SCC(=O)O)nc2c(F)cccc21. The highest BCUT2D eigenvalue weighted by Gasteiger charge is 2.24. The van der Waals surface area contributed by atoms with Crippen molar-refractivity contribution in [1.29, 1.82) is 0 Å². The van der Waals surface area contributed by atoms with Gasteiger partial charge in [-0.1, -0.05) is 17.8 Å². The quantitative estimate of drug-likeness (QED) is 0.672. The van der Waals surface area contributed by atoms with E-state index in [2.05, 4.69) is 9.72 Å². The van der Waals surface area contributed by atoms with E-state index in [1.165, 1.54) is 23.8 Å². The third kappa shape index (κ3) is 2.99. The van der Waals surface area contributed by atoms with Crippen molar-refractivity contribution in [2.75, 3.05) is 12.9 Å². The summed E-state index contributed by atoms with van der Waals surface area (Å²) in [5.41, 5.74) is 0.516. The van der Waals surface area contributed by atoms with Crippen molar-refractivity contribution in [2.24, 2.45) is 0 Å². The largest absolute Gasteiger partial charge is 0.481 e. The van der Waals surface area contributed by atoms with Gasteiger partial charge in [0.15, 0.2) is 11.0 Å². The number of ether oxygens (including phenoxy) is 1. The van der Waals surface area contributed by atoms with Crippen LogP contribution in [-0.2, 0) is 14.3 Å². The van der Waals surface area contributed by atoms with Crippen LogP contribution in [-0.4, -0.2) is 39.5 Å². The summed E-state index contributed by atoms with van der Waals surface area (Å²) in [5.74, 6) is -2.31. The second kappa shape index (κ2) is 6.13. The molecular weight excluding hydrogens is 299 g/mol. The summed E-state index contributed by atoms with van der Waals surface area (Å²) in [6.45, 7) is 1.59. The highest BCUT2D eigenvalue weighted by molar-refractivity contribution is 7.99. The number of hydrogen-bond acceptors (Lipinski definition) is 5. The fraction of sp³-hybridized carbons (Fsp3) is 0.308. The minimum Gasteiger partial charge on any atom is -0.481 e. The van der Waals surface area contributed by atoms with Gasteiger partial charge in [-0.2, -0.15) is 0 Å². The summed E-state index contributed by atoms with van der Waals surface area (Å²) >= 11 is 0.924. The van der Waals surface area contributed by atoms with Crippen molar-refractivity contribution >= 4 is 34.7 Å². The molecule has 0 aliphatic carbocycles. The average Bonchev–Trinajstić information content (AvgIpc) is 2.83. The predicted octanol–water partition coefficient (Wildman–Crippen LogP) is 2.09. The number of halogens is 1. The second-order valence-corrected chi connectivity index (χ2v) is 5.20. The number of methoxy groups -OCH3 is 1. The number of thioether (sulfide) groups is 1. The number of imidazole rings is 1. The Morgan fingerprint density at radius 2 is 2.24 bits per heavy atom. The van der Waals surface area contributed by atoms with Gasteiger partial charge in [-0.05, 0) is 19.1 Å². The highest BCUT2D eigenvalue weighted by Crippen LogP contribution is 2.29. The van der Waals surface area contributed by atoms with Crippen molar-refractivity contribution in [1.82, 2.24) is 9.55 Å². The molecule has 0 amide bonds. The van der Waals surface area contributed by atoms with Crippen LogP contribution in [0.2, 0.25) is 0 Å². The Hall–Kier alpha value is -2.09. The number of nitrogens with zero attached hydrogens (tertiary/aromatic N) is 2. The van der Waals surface area contributed by atoms with Crippen LogP contribution in [0.5, 0.6) is 0 Å². The molecule has 0 aliphatic rings. The lowest BCUT2D eigenvalue weighted by Crippen LogP contribution is -2.18. The zero-order valence-electron chi connectivity index (χ0n) is 11.4. The number of rotatable bonds is 5. The Morgan fingerprint density at radius 3 is 2.86 bits per heavy atom. The Balaban J connectivity index is 2.57. The topological polar surface area (TPSA) is 81.4 Å². The number of para-hydroxylation sites is 1. The Bertz CT molecular complexity index is 701. The maximum atomic E-state index is 13.8. The summed E-state index contributed by atoms with van der Waals surface area (Å²) in [4.78, 5) is 26.5. The van der Waals surface area contributed by atoms with Gasteiger partial charge in [0.25, 0.3) is 0 Å². The van der Waals surface area contributed by atoms with E-state index in [-0.39, 0.29) is 16.4 Å². The number of hydrogen-bond donors (Lipinski definition) is 1. The van der Waals surface area contributed by atoms with Gasteiger partial charge in [0.05, 0.1) is 18.4 Å². The molecule has 21 heavy (non-hydrogen) atoms. The zero-order chi connectivity index (χ0) is 15.6. The summed E-state index contributed by atoms with van der Waals surface area (Å²) in [5, 5.41) is 9.03. The third-order valence-corrected chi connectivity index (χ3v) is 3.83. The standard InChI is InChI=1S/C13H13FN2O4S/c1-7(12(19)20-2)16-9-5-3-4-8(14)11(9)15-13(16)21-6-10(17)18/h3-5,7H,6H2,1-2H3,(H,17,18). The van der Waals surface area contributed by atoms with Crippen LogP contribution >= 0.6 is 11.8 Å². The van der Waals surface area contributed by atoms with Crippen molar-refractivity contribution in [3.8, 4) is 0 Å². The summed E-state index contributed by atoms with van der Waals surface area (Å²) in [6, 6.07) is 3.65. The molecule has 8 heteroatoms. The number of carbonyl (C=O) groups excluding carboxylic acids is 1. The van der Waals surface area contributed by atoms with Gasteiger partial charge in [-0.15, -0.1) is 0 Å². The molecule has 0 saturated heterocycles. The predicted molar refractivity (Wildman–Crippen MR) is 74.8 cm³/mol. The first-order valence-corrected chi connectivity index (χ1v) is 7.03. The molecule has 0 bridgehead atoms. The van der Waals surface area contributed by atoms with Crippen molar-refractivity contribution < 1.29 is 23.8 Å². The lowest BCUT2D eigenvalue weighted by molar-refractivity contribution is -0.144. The van der Waals surface area contributed by atoms with E-state index in [4.69, 9.17) is 5.11 Å². The summed E-state index contributed by atoms with van der Waals surface area (Å²) in [6.07, 6.45) is 0. The van der Waals surface area contributed by atoms with Crippen LogP contribution in [0, 0.1) is 5.82 Å². The number of aromatic nitrogens is 2. The smallest absolute Gasteiger partial charge is 0.328 e. The van der Waals surface area contributed by atoms with Gasteiger partial charge in [-0.25, -0.2) is 14.2 Å². The molecule has 2 aromatic rings. The number of esters is 1. The number of carboxylic acids is 1. The van der Waals surface area contributed by atoms with Crippen LogP contribution in [0.1, 0.15) is 13.0 Å². The number of fused-ring (bicyclic) bond motifs is 1. The van der Waals surface area contributed by atoms with E-state index in [0.717, 1.165) is 11.8 Å². The van der Waals surface area contributed by atoms with Gasteiger partial charge in [0.2, 0.25) is 0 Å². The van der Waals surface area contributed by atoms with E-state index >= 15 is 0 Å². The average molecular weight is 312 g/mol. The van der Waals surface area contributed by atoms with Crippen LogP contribution in [0.25, 0.3) is 11.0 Å². The summed E-state index contributed by atoms with van der Waals surface area (Å²) in [7, 11) is 1.25.